The molecule has 0 radical (unpaired) electrons. The van der Waals surface area contributed by atoms with Crippen molar-refractivity contribution in [1.29, 1.82) is 0 Å². The molecule has 1 amide bonds. The first kappa shape index (κ1) is 21.0. The van der Waals surface area contributed by atoms with E-state index in [0.29, 0.717) is 31.1 Å². The van der Waals surface area contributed by atoms with E-state index in [0.717, 1.165) is 19.0 Å². The van der Waals surface area contributed by atoms with Gasteiger partial charge in [-0.05, 0) is 24.3 Å². The Hall–Kier alpha value is -2.30. The van der Waals surface area contributed by atoms with Crippen LogP contribution in [0.25, 0.3) is 0 Å². The topological polar surface area (TPSA) is 87.1 Å². The first-order valence-corrected chi connectivity index (χ1v) is 8.42. The van der Waals surface area contributed by atoms with Gasteiger partial charge >= 0.3 is 0 Å². The van der Waals surface area contributed by atoms with Gasteiger partial charge in [0.2, 0.25) is 0 Å². The number of piperazine rings is 1. The lowest BCUT2D eigenvalue weighted by Gasteiger charge is -2.37. The molecule has 1 aliphatic heterocycles. The van der Waals surface area contributed by atoms with Crippen LogP contribution in [0.2, 0.25) is 0 Å². The molecule has 2 aromatic rings. The average molecular weight is 487 g/mol. The summed E-state index contributed by atoms with van der Waals surface area (Å²) in [6, 6.07) is 10.1. The summed E-state index contributed by atoms with van der Waals surface area (Å²) < 4.78 is 19.3. The summed E-state index contributed by atoms with van der Waals surface area (Å²) in [5, 5.41) is 3.21. The number of nitrogens with one attached hydrogen (secondary N) is 1. The molecule has 0 aliphatic carbocycles. The van der Waals surface area contributed by atoms with Crippen LogP contribution < -0.4 is 16.0 Å². The number of primary amides is 1. The van der Waals surface area contributed by atoms with Gasteiger partial charge in [-0.1, -0.05) is 12.1 Å². The standard InChI is InChI=1S/C18H22FN5O2.HI/c1-21-18(22-12-13-6-7-16(26-13)17(20)25)24-10-8-23(9-11-24)15-5-3-2-4-14(15)19;/h2-7H,8-12H2,1H3,(H2,20,25)(H,21,22);1H. The van der Waals surface area contributed by atoms with Crippen LogP contribution in [0.4, 0.5) is 10.1 Å². The number of carbonyl (C=O) groups is 1. The van der Waals surface area contributed by atoms with E-state index in [2.05, 4.69) is 15.2 Å². The van der Waals surface area contributed by atoms with E-state index in [9.17, 15) is 9.18 Å². The monoisotopic (exact) mass is 487 g/mol. The van der Waals surface area contributed by atoms with Crippen molar-refractivity contribution in [1.82, 2.24) is 10.2 Å². The first-order valence-electron chi connectivity index (χ1n) is 8.42. The summed E-state index contributed by atoms with van der Waals surface area (Å²) in [4.78, 5) is 19.5. The second kappa shape index (κ2) is 9.58. The number of rotatable bonds is 4. The number of aliphatic imine (C=N–C) groups is 1. The third-order valence-corrected chi connectivity index (χ3v) is 4.31. The Balaban J connectivity index is 0.00000261. The maximum atomic E-state index is 13.9. The number of amides is 1. The van der Waals surface area contributed by atoms with Gasteiger partial charge < -0.3 is 25.3 Å². The van der Waals surface area contributed by atoms with E-state index < -0.39 is 5.91 Å². The lowest BCUT2D eigenvalue weighted by Crippen LogP contribution is -2.52. The number of nitrogens with two attached hydrogens (primary N) is 1. The van der Waals surface area contributed by atoms with Gasteiger partial charge in [0, 0.05) is 33.2 Å². The van der Waals surface area contributed by atoms with Crippen LogP contribution in [0, 0.1) is 5.82 Å². The summed E-state index contributed by atoms with van der Waals surface area (Å²) in [6.07, 6.45) is 0. The molecule has 0 spiro atoms. The predicted octanol–water partition coefficient (Wildman–Crippen LogP) is 2.03. The average Bonchev–Trinajstić information content (AvgIpc) is 3.13. The van der Waals surface area contributed by atoms with Crippen LogP contribution in [-0.2, 0) is 6.54 Å². The normalized spacial score (nSPS) is 14.7. The third kappa shape index (κ3) is 5.12. The van der Waals surface area contributed by atoms with E-state index in [1.165, 1.54) is 6.07 Å². The van der Waals surface area contributed by atoms with E-state index in [1.54, 1.807) is 31.3 Å². The van der Waals surface area contributed by atoms with Crippen LogP contribution >= 0.6 is 24.0 Å². The van der Waals surface area contributed by atoms with Gasteiger partial charge in [-0.25, -0.2) is 4.39 Å². The minimum Gasteiger partial charge on any atom is -0.454 e. The van der Waals surface area contributed by atoms with Gasteiger partial charge in [-0.2, -0.15) is 0 Å². The zero-order chi connectivity index (χ0) is 18.5. The largest absolute Gasteiger partial charge is 0.454 e. The van der Waals surface area contributed by atoms with Gasteiger partial charge in [0.05, 0.1) is 12.2 Å². The lowest BCUT2D eigenvalue weighted by molar-refractivity contribution is 0.0972. The molecule has 1 aromatic heterocycles. The molecule has 1 saturated heterocycles. The fourth-order valence-corrected chi connectivity index (χ4v) is 2.97. The summed E-state index contributed by atoms with van der Waals surface area (Å²) in [7, 11) is 1.71. The van der Waals surface area contributed by atoms with Crippen LogP contribution in [-0.4, -0.2) is 50.0 Å². The van der Waals surface area contributed by atoms with Gasteiger partial charge in [0.25, 0.3) is 5.91 Å². The third-order valence-electron chi connectivity index (χ3n) is 4.31. The molecule has 27 heavy (non-hydrogen) atoms. The van der Waals surface area contributed by atoms with Gasteiger partial charge in [-0.3, -0.25) is 9.79 Å². The SMILES string of the molecule is CN=C(NCc1ccc(C(N)=O)o1)N1CCN(c2ccccc2F)CC1.I. The highest BCUT2D eigenvalue weighted by molar-refractivity contribution is 14.0. The molecule has 0 saturated carbocycles. The molecule has 1 aliphatic rings. The predicted molar refractivity (Wildman–Crippen MR) is 113 cm³/mol. The summed E-state index contributed by atoms with van der Waals surface area (Å²) >= 11 is 0. The van der Waals surface area contributed by atoms with E-state index >= 15 is 0 Å². The molecule has 0 bridgehead atoms. The zero-order valence-electron chi connectivity index (χ0n) is 15.0. The number of carbonyl (C=O) groups excluding carboxylic acids is 1. The number of guanidine groups is 1. The van der Waals surface area contributed by atoms with Crippen molar-refractivity contribution in [3.05, 3.63) is 53.7 Å². The molecule has 3 rings (SSSR count). The van der Waals surface area contributed by atoms with Crippen molar-refractivity contribution in [3.8, 4) is 0 Å². The summed E-state index contributed by atoms with van der Waals surface area (Å²) in [5.74, 6) is 0.673. The zero-order valence-corrected chi connectivity index (χ0v) is 17.4. The van der Waals surface area contributed by atoms with Crippen LogP contribution in [0.1, 0.15) is 16.3 Å². The fraction of sp³-hybridized carbons (Fsp3) is 0.333. The Morgan fingerprint density at radius 2 is 1.93 bits per heavy atom. The van der Waals surface area contributed by atoms with Crippen LogP contribution in [0.5, 0.6) is 0 Å². The van der Waals surface area contributed by atoms with E-state index in [1.807, 2.05) is 11.0 Å². The number of para-hydroxylation sites is 1. The maximum absolute atomic E-state index is 13.9. The Bertz CT molecular complexity index is 803. The van der Waals surface area contributed by atoms with Gasteiger partial charge in [0.15, 0.2) is 11.7 Å². The van der Waals surface area contributed by atoms with E-state index in [4.69, 9.17) is 10.2 Å². The molecule has 3 N–H and O–H groups in total. The maximum Gasteiger partial charge on any atom is 0.284 e. The Labute approximate surface area is 174 Å². The number of anilines is 1. The lowest BCUT2D eigenvalue weighted by atomic mass is 10.2. The highest BCUT2D eigenvalue weighted by atomic mass is 127. The first-order chi connectivity index (χ1) is 12.6. The molecule has 7 nitrogen and oxygen atoms in total. The van der Waals surface area contributed by atoms with E-state index in [-0.39, 0.29) is 35.6 Å². The quantitative estimate of drug-likeness (QED) is 0.392. The van der Waals surface area contributed by atoms with Gasteiger partial charge in [-0.15, -0.1) is 24.0 Å². The fourth-order valence-electron chi connectivity index (χ4n) is 2.97. The number of furan rings is 1. The molecule has 0 atom stereocenters. The van der Waals surface area contributed by atoms with Crippen molar-refractivity contribution in [3.63, 3.8) is 0 Å². The number of benzene rings is 1. The van der Waals surface area contributed by atoms with Gasteiger partial charge in [0.1, 0.15) is 11.6 Å². The Morgan fingerprint density at radius 3 is 2.52 bits per heavy atom. The number of halogens is 2. The summed E-state index contributed by atoms with van der Waals surface area (Å²) in [6.45, 7) is 3.24. The highest BCUT2D eigenvalue weighted by Crippen LogP contribution is 2.20. The van der Waals surface area contributed by atoms with Crippen molar-refractivity contribution < 1.29 is 13.6 Å². The molecule has 2 heterocycles. The Kier molecular flexibility index (Phi) is 7.45. The van der Waals surface area contributed by atoms with Crippen molar-refractivity contribution in [2.45, 2.75) is 6.54 Å². The van der Waals surface area contributed by atoms with Crippen LogP contribution in [0.3, 0.4) is 0 Å². The molecule has 0 unspecified atom stereocenters. The smallest absolute Gasteiger partial charge is 0.284 e. The number of hydrogen-bond donors (Lipinski definition) is 2. The van der Waals surface area contributed by atoms with Crippen LogP contribution in [0.15, 0.2) is 45.8 Å². The second-order valence-electron chi connectivity index (χ2n) is 5.96. The van der Waals surface area contributed by atoms with Crippen molar-refractivity contribution >= 4 is 41.5 Å². The molecule has 1 aromatic carbocycles. The molecule has 146 valence electrons. The molecule has 9 heteroatoms. The molecule has 1 fully saturated rings. The summed E-state index contributed by atoms with van der Waals surface area (Å²) in [5.41, 5.74) is 5.81. The molecular formula is C18H23FIN5O2. The minimum absolute atomic E-state index is 0. The second-order valence-corrected chi connectivity index (χ2v) is 5.96. The minimum atomic E-state index is -0.593. The number of nitrogens with zero attached hydrogens (tertiary/aromatic N) is 3. The Morgan fingerprint density at radius 1 is 1.22 bits per heavy atom. The number of hydrogen-bond acceptors (Lipinski definition) is 4. The molecular weight excluding hydrogens is 464 g/mol. The van der Waals surface area contributed by atoms with Crippen molar-refractivity contribution in [2.75, 3.05) is 38.1 Å². The highest BCUT2D eigenvalue weighted by Gasteiger charge is 2.21. The van der Waals surface area contributed by atoms with Crippen molar-refractivity contribution in [2.24, 2.45) is 10.7 Å².